The number of halogens is 1. The van der Waals surface area contributed by atoms with E-state index in [1.165, 1.54) is 6.08 Å². The number of benzene rings is 2. The Bertz CT molecular complexity index is 1410. The molecule has 2 aromatic carbocycles. The smallest absolute Gasteiger partial charge is 0.277 e. The van der Waals surface area contributed by atoms with Crippen LogP contribution in [0.2, 0.25) is 5.02 Å². The summed E-state index contributed by atoms with van der Waals surface area (Å²) in [5.74, 6) is -0.642. The molecule has 202 valence electrons. The molecule has 0 N–H and O–H groups in total. The zero-order valence-electron chi connectivity index (χ0n) is 20.6. The van der Waals surface area contributed by atoms with Gasteiger partial charge in [-0.05, 0) is 31.4 Å². The van der Waals surface area contributed by atoms with Crippen LogP contribution in [-0.2, 0) is 4.79 Å². The predicted octanol–water partition coefficient (Wildman–Crippen LogP) is 4.59. The summed E-state index contributed by atoms with van der Waals surface area (Å²) in [5, 5.41) is 27.1. The molecule has 3 aromatic rings. The van der Waals surface area contributed by atoms with Gasteiger partial charge in [0, 0.05) is 35.8 Å². The van der Waals surface area contributed by atoms with Crippen LogP contribution in [0.25, 0.3) is 11.4 Å². The highest BCUT2D eigenvalue weighted by molar-refractivity contribution is 6.30. The fraction of sp³-hybridized carbons (Fsp3) is 0.280. The average Bonchev–Trinajstić information content (AvgIpc) is 3.42. The highest BCUT2D eigenvalue weighted by Gasteiger charge is 2.34. The van der Waals surface area contributed by atoms with Crippen molar-refractivity contribution in [3.05, 3.63) is 91.8 Å². The Morgan fingerprint density at radius 2 is 1.87 bits per heavy atom. The summed E-state index contributed by atoms with van der Waals surface area (Å²) in [6, 6.07) is 9.07. The Morgan fingerprint density at radius 3 is 2.51 bits per heavy atom. The van der Waals surface area contributed by atoms with Crippen molar-refractivity contribution in [2.75, 3.05) is 19.6 Å². The lowest BCUT2D eigenvalue weighted by Gasteiger charge is -2.35. The fourth-order valence-electron chi connectivity index (χ4n) is 4.34. The van der Waals surface area contributed by atoms with E-state index in [9.17, 15) is 29.8 Å². The molecule has 14 heteroatoms. The topological polar surface area (TPSA) is 166 Å². The molecule has 1 aliphatic heterocycles. The third-order valence-corrected chi connectivity index (χ3v) is 6.40. The minimum atomic E-state index is -0.826. The van der Waals surface area contributed by atoms with Crippen LogP contribution in [0.15, 0.2) is 59.6 Å². The molecule has 39 heavy (non-hydrogen) atoms. The van der Waals surface area contributed by atoms with Crippen molar-refractivity contribution in [1.82, 2.24) is 19.9 Å². The summed E-state index contributed by atoms with van der Waals surface area (Å²) in [4.78, 5) is 54.7. The first-order valence-corrected chi connectivity index (χ1v) is 12.3. The zero-order chi connectivity index (χ0) is 28.1. The van der Waals surface area contributed by atoms with Gasteiger partial charge in [0.25, 0.3) is 17.3 Å². The van der Waals surface area contributed by atoms with Gasteiger partial charge in [-0.2, -0.15) is 4.98 Å². The maximum Gasteiger partial charge on any atom is 0.277 e. The lowest BCUT2D eigenvalue weighted by molar-refractivity contribution is -0.394. The first-order valence-electron chi connectivity index (χ1n) is 11.9. The Balaban J connectivity index is 1.57. The minimum Gasteiger partial charge on any atom is -0.337 e. The van der Waals surface area contributed by atoms with E-state index in [1.807, 2.05) is 0 Å². The number of carbonyl (C=O) groups is 2. The van der Waals surface area contributed by atoms with E-state index < -0.39 is 45.6 Å². The van der Waals surface area contributed by atoms with Gasteiger partial charge in [0.05, 0.1) is 21.5 Å². The van der Waals surface area contributed by atoms with Crippen LogP contribution < -0.4 is 0 Å². The summed E-state index contributed by atoms with van der Waals surface area (Å²) < 4.78 is 5.50. The van der Waals surface area contributed by atoms with Crippen molar-refractivity contribution in [3.8, 4) is 11.4 Å². The summed E-state index contributed by atoms with van der Waals surface area (Å²) in [6.07, 6.45) is 3.50. The number of nitro groups is 2. The minimum absolute atomic E-state index is 0.0704. The number of non-ortho nitro benzene ring substituents is 2. The summed E-state index contributed by atoms with van der Waals surface area (Å²) in [6.45, 7) is 3.53. The summed E-state index contributed by atoms with van der Waals surface area (Å²) >= 11 is 6.06. The van der Waals surface area contributed by atoms with Gasteiger partial charge < -0.3 is 14.3 Å². The van der Waals surface area contributed by atoms with E-state index in [-0.39, 0.29) is 18.0 Å². The lowest BCUT2D eigenvalue weighted by Crippen LogP contribution is -2.46. The molecule has 1 fully saturated rings. The van der Waals surface area contributed by atoms with E-state index in [4.69, 9.17) is 16.1 Å². The summed E-state index contributed by atoms with van der Waals surface area (Å²) in [5.41, 5.74) is -0.857. The average molecular weight is 555 g/mol. The quantitative estimate of drug-likeness (QED) is 0.209. The van der Waals surface area contributed by atoms with E-state index in [0.717, 1.165) is 35.9 Å². The van der Waals surface area contributed by atoms with E-state index in [1.54, 1.807) is 29.2 Å². The summed E-state index contributed by atoms with van der Waals surface area (Å²) in [7, 11) is 0. The molecule has 0 aliphatic carbocycles. The Hall–Kier alpha value is -4.65. The molecular weight excluding hydrogens is 532 g/mol. The third kappa shape index (κ3) is 6.26. The fourth-order valence-corrected chi connectivity index (χ4v) is 4.53. The molecule has 1 aromatic heterocycles. The molecule has 1 saturated heterocycles. The molecule has 0 saturated carbocycles. The van der Waals surface area contributed by atoms with Gasteiger partial charge in [0.15, 0.2) is 0 Å². The number of rotatable bonds is 9. The maximum absolute atomic E-state index is 13.4. The van der Waals surface area contributed by atoms with Crippen LogP contribution in [0.4, 0.5) is 11.4 Å². The molecule has 1 aliphatic rings. The van der Waals surface area contributed by atoms with Gasteiger partial charge in [-0.15, -0.1) is 6.58 Å². The number of aromatic nitrogens is 2. The van der Waals surface area contributed by atoms with Crippen LogP contribution >= 0.6 is 11.6 Å². The van der Waals surface area contributed by atoms with Crippen molar-refractivity contribution < 1.29 is 24.0 Å². The number of nitro benzene ring substituents is 2. The van der Waals surface area contributed by atoms with Gasteiger partial charge in [-0.1, -0.05) is 35.0 Å². The molecule has 2 amide bonds. The van der Waals surface area contributed by atoms with Crippen molar-refractivity contribution in [1.29, 1.82) is 0 Å². The predicted molar refractivity (Wildman–Crippen MR) is 139 cm³/mol. The zero-order valence-corrected chi connectivity index (χ0v) is 21.3. The largest absolute Gasteiger partial charge is 0.337 e. The SMILES string of the molecule is C=CCN(CC(=O)N1CCCCC1c1nc(-c2cccc(Cl)c2)no1)C(=O)c1cc([N+](=O)[O-])cc([N+](=O)[O-])c1. The lowest BCUT2D eigenvalue weighted by atomic mass is 10.0. The van der Waals surface area contributed by atoms with Gasteiger partial charge >= 0.3 is 0 Å². The van der Waals surface area contributed by atoms with Crippen molar-refractivity contribution in [2.24, 2.45) is 0 Å². The van der Waals surface area contributed by atoms with E-state index in [2.05, 4.69) is 16.7 Å². The van der Waals surface area contributed by atoms with Crippen LogP contribution in [-0.4, -0.2) is 61.2 Å². The van der Waals surface area contributed by atoms with Crippen LogP contribution in [0.3, 0.4) is 0 Å². The van der Waals surface area contributed by atoms with Crippen LogP contribution in [0, 0.1) is 20.2 Å². The molecule has 0 radical (unpaired) electrons. The van der Waals surface area contributed by atoms with Crippen molar-refractivity contribution in [3.63, 3.8) is 0 Å². The van der Waals surface area contributed by atoms with E-state index >= 15 is 0 Å². The Labute approximate surface area is 227 Å². The van der Waals surface area contributed by atoms with Crippen LogP contribution in [0.1, 0.15) is 41.6 Å². The van der Waals surface area contributed by atoms with Gasteiger partial charge in [0.2, 0.25) is 17.6 Å². The maximum atomic E-state index is 13.4. The second-order valence-electron chi connectivity index (χ2n) is 8.79. The number of nitrogens with zero attached hydrogens (tertiary/aromatic N) is 6. The Kier molecular flexibility index (Phi) is 8.30. The third-order valence-electron chi connectivity index (χ3n) is 6.17. The molecule has 1 atom stereocenters. The second kappa shape index (κ2) is 11.8. The number of likely N-dealkylation sites (tertiary alicyclic amines) is 1. The number of hydrogen-bond donors (Lipinski definition) is 0. The molecular formula is C25H23ClN6O7. The first kappa shape index (κ1) is 27.4. The molecule has 0 spiro atoms. The standard InChI is InChI=1S/C25H23ClN6O7/c1-2-9-29(25(34)17-12-19(31(35)36)14-20(13-17)32(37)38)15-22(33)30-10-4-3-8-21(30)24-27-23(28-39-24)16-6-5-7-18(26)11-16/h2,5-7,11-14,21H,1,3-4,8-10,15H2. The highest BCUT2D eigenvalue weighted by atomic mass is 35.5. The number of piperidine rings is 1. The van der Waals surface area contributed by atoms with Crippen molar-refractivity contribution in [2.45, 2.75) is 25.3 Å². The number of amides is 2. The highest BCUT2D eigenvalue weighted by Crippen LogP contribution is 2.32. The normalized spacial score (nSPS) is 15.0. The van der Waals surface area contributed by atoms with E-state index in [0.29, 0.717) is 29.4 Å². The number of carbonyl (C=O) groups excluding carboxylic acids is 2. The second-order valence-corrected chi connectivity index (χ2v) is 9.23. The van der Waals surface area contributed by atoms with Crippen molar-refractivity contribution >= 4 is 34.8 Å². The molecule has 4 rings (SSSR count). The van der Waals surface area contributed by atoms with Gasteiger partial charge in [-0.3, -0.25) is 29.8 Å². The molecule has 0 bridgehead atoms. The van der Waals surface area contributed by atoms with Gasteiger partial charge in [0.1, 0.15) is 12.6 Å². The monoisotopic (exact) mass is 554 g/mol. The number of hydrogen-bond acceptors (Lipinski definition) is 9. The van der Waals surface area contributed by atoms with Crippen LogP contribution in [0.5, 0.6) is 0 Å². The molecule has 2 heterocycles. The van der Waals surface area contributed by atoms with Gasteiger partial charge in [-0.25, -0.2) is 0 Å². The molecule has 1 unspecified atom stereocenters. The molecule has 13 nitrogen and oxygen atoms in total. The first-order chi connectivity index (χ1) is 18.7. The Morgan fingerprint density at radius 1 is 1.15 bits per heavy atom.